The zero-order valence-electron chi connectivity index (χ0n) is 14.7. The van der Waals surface area contributed by atoms with E-state index in [0.29, 0.717) is 5.82 Å². The molecular formula is C17H22N4O4. The van der Waals surface area contributed by atoms with E-state index in [2.05, 4.69) is 21.9 Å². The minimum Gasteiger partial charge on any atom is -0.465 e. The summed E-state index contributed by atoms with van der Waals surface area (Å²) in [6.07, 6.45) is 4.21. The highest BCUT2D eigenvalue weighted by molar-refractivity contribution is 6.04. The predicted molar refractivity (Wildman–Crippen MR) is 91.2 cm³/mol. The van der Waals surface area contributed by atoms with Crippen molar-refractivity contribution in [2.75, 3.05) is 31.2 Å². The average Bonchev–Trinajstić information content (AvgIpc) is 2.98. The molecule has 8 nitrogen and oxygen atoms in total. The van der Waals surface area contributed by atoms with Crippen LogP contribution >= 0.6 is 0 Å². The molecule has 0 bridgehead atoms. The molecule has 0 atom stereocenters. The van der Waals surface area contributed by atoms with Crippen LogP contribution in [0.15, 0.2) is 12.5 Å². The number of nitrogens with zero attached hydrogens (tertiary/aromatic N) is 3. The van der Waals surface area contributed by atoms with Crippen molar-refractivity contribution in [3.8, 4) is 0 Å². The maximum absolute atomic E-state index is 12.4. The monoisotopic (exact) mass is 346 g/mol. The SMILES string of the molecule is CCOC(=O)C1(C(=O)OCC)CN(c2ncnc3[nH]cc(CC)c23)C1. The van der Waals surface area contributed by atoms with E-state index >= 15 is 0 Å². The van der Waals surface area contributed by atoms with E-state index in [0.717, 1.165) is 23.0 Å². The van der Waals surface area contributed by atoms with Gasteiger partial charge in [0.2, 0.25) is 0 Å². The first-order chi connectivity index (χ1) is 12.1. The quantitative estimate of drug-likeness (QED) is 0.624. The second-order valence-electron chi connectivity index (χ2n) is 5.97. The first-order valence-corrected chi connectivity index (χ1v) is 8.47. The number of carbonyl (C=O) groups excluding carboxylic acids is 2. The van der Waals surface area contributed by atoms with Crippen LogP contribution in [-0.4, -0.2) is 53.2 Å². The van der Waals surface area contributed by atoms with Gasteiger partial charge in [0.05, 0.1) is 18.6 Å². The average molecular weight is 346 g/mol. The first-order valence-electron chi connectivity index (χ1n) is 8.47. The zero-order valence-corrected chi connectivity index (χ0v) is 14.7. The summed E-state index contributed by atoms with van der Waals surface area (Å²) in [4.78, 5) is 38.4. The highest BCUT2D eigenvalue weighted by Gasteiger charge is 2.58. The van der Waals surface area contributed by atoms with E-state index in [9.17, 15) is 9.59 Å². The lowest BCUT2D eigenvalue weighted by atomic mass is 9.79. The highest BCUT2D eigenvalue weighted by atomic mass is 16.6. The van der Waals surface area contributed by atoms with Crippen LogP contribution in [0.3, 0.4) is 0 Å². The summed E-state index contributed by atoms with van der Waals surface area (Å²) in [5.41, 5.74) is 0.549. The minimum atomic E-state index is -1.29. The van der Waals surface area contributed by atoms with Crippen molar-refractivity contribution in [2.24, 2.45) is 5.41 Å². The number of H-pyrrole nitrogens is 1. The molecule has 0 aromatic carbocycles. The number of rotatable bonds is 6. The van der Waals surface area contributed by atoms with Crippen LogP contribution in [0.25, 0.3) is 11.0 Å². The molecule has 1 N–H and O–H groups in total. The molecule has 3 rings (SSSR count). The Morgan fingerprint density at radius 2 is 1.80 bits per heavy atom. The topological polar surface area (TPSA) is 97.4 Å². The molecule has 3 heterocycles. The number of nitrogens with one attached hydrogen (secondary N) is 1. The normalized spacial score (nSPS) is 15.7. The third-order valence-electron chi connectivity index (χ3n) is 4.47. The summed E-state index contributed by atoms with van der Waals surface area (Å²) in [7, 11) is 0. The number of esters is 2. The van der Waals surface area contributed by atoms with Gasteiger partial charge in [-0.1, -0.05) is 6.92 Å². The minimum absolute atomic E-state index is 0.186. The Hall–Kier alpha value is -2.64. The molecule has 2 aromatic heterocycles. The van der Waals surface area contributed by atoms with Crippen LogP contribution in [0.5, 0.6) is 0 Å². The molecule has 0 radical (unpaired) electrons. The first kappa shape index (κ1) is 17.2. The van der Waals surface area contributed by atoms with Crippen LogP contribution in [0.1, 0.15) is 26.3 Å². The number of aromatic amines is 1. The molecule has 1 saturated heterocycles. The molecule has 2 aromatic rings. The maximum Gasteiger partial charge on any atom is 0.327 e. The second-order valence-corrected chi connectivity index (χ2v) is 5.97. The second kappa shape index (κ2) is 6.70. The summed E-state index contributed by atoms with van der Waals surface area (Å²) in [6.45, 7) is 6.29. The summed E-state index contributed by atoms with van der Waals surface area (Å²) < 4.78 is 10.2. The van der Waals surface area contributed by atoms with Crippen LogP contribution in [0, 0.1) is 5.41 Å². The van der Waals surface area contributed by atoms with Gasteiger partial charge in [0.1, 0.15) is 17.8 Å². The summed E-state index contributed by atoms with van der Waals surface area (Å²) in [5, 5.41) is 0.923. The third kappa shape index (κ3) is 2.71. The van der Waals surface area contributed by atoms with Crippen LogP contribution in [-0.2, 0) is 25.5 Å². The van der Waals surface area contributed by atoms with Crippen molar-refractivity contribution in [1.29, 1.82) is 0 Å². The summed E-state index contributed by atoms with van der Waals surface area (Å²) >= 11 is 0. The Morgan fingerprint density at radius 1 is 1.16 bits per heavy atom. The van der Waals surface area contributed by atoms with Crippen LogP contribution in [0.4, 0.5) is 5.82 Å². The third-order valence-corrected chi connectivity index (χ3v) is 4.47. The van der Waals surface area contributed by atoms with Crippen LogP contribution < -0.4 is 4.90 Å². The molecule has 0 aliphatic carbocycles. The van der Waals surface area contributed by atoms with Crippen molar-refractivity contribution >= 4 is 28.8 Å². The lowest BCUT2D eigenvalue weighted by Gasteiger charge is -2.46. The Bertz CT molecular complexity index is 775. The number of hydrogen-bond donors (Lipinski definition) is 1. The Morgan fingerprint density at radius 3 is 2.36 bits per heavy atom. The van der Waals surface area contributed by atoms with Gasteiger partial charge < -0.3 is 19.4 Å². The molecule has 0 amide bonds. The van der Waals surface area contributed by atoms with Gasteiger partial charge in [-0.25, -0.2) is 9.97 Å². The van der Waals surface area contributed by atoms with E-state index in [1.54, 1.807) is 13.8 Å². The molecule has 25 heavy (non-hydrogen) atoms. The molecule has 1 fully saturated rings. The predicted octanol–water partition coefficient (Wildman–Crippen LogP) is 1.45. The lowest BCUT2D eigenvalue weighted by Crippen LogP contribution is -2.65. The lowest BCUT2D eigenvalue weighted by molar-refractivity contribution is -0.174. The number of anilines is 1. The van der Waals surface area contributed by atoms with Gasteiger partial charge in [0.15, 0.2) is 5.41 Å². The number of fused-ring (bicyclic) bond motifs is 1. The number of aromatic nitrogens is 3. The van der Waals surface area contributed by atoms with E-state index in [1.165, 1.54) is 6.33 Å². The maximum atomic E-state index is 12.4. The summed E-state index contributed by atoms with van der Waals surface area (Å²) in [6, 6.07) is 0. The van der Waals surface area contributed by atoms with E-state index < -0.39 is 17.4 Å². The number of ether oxygens (including phenoxy) is 2. The van der Waals surface area contributed by atoms with Gasteiger partial charge in [0.25, 0.3) is 0 Å². The standard InChI is InChI=1S/C17H22N4O4/c1-4-11-7-18-13-12(11)14(20-10-19-13)21-8-17(9-21,15(22)24-5-2)16(23)25-6-3/h7,10H,4-6,8-9H2,1-3H3,(H,18,19,20). The summed E-state index contributed by atoms with van der Waals surface area (Å²) in [5.74, 6) is -0.369. The van der Waals surface area contributed by atoms with Crippen LogP contribution in [0.2, 0.25) is 0 Å². The molecular weight excluding hydrogens is 324 g/mol. The number of carbonyl (C=O) groups is 2. The van der Waals surface area contributed by atoms with E-state index in [4.69, 9.17) is 9.47 Å². The van der Waals surface area contributed by atoms with Gasteiger partial charge in [-0.05, 0) is 25.8 Å². The van der Waals surface area contributed by atoms with Gasteiger partial charge in [0, 0.05) is 19.3 Å². The van der Waals surface area contributed by atoms with Gasteiger partial charge >= 0.3 is 11.9 Å². The fourth-order valence-corrected chi connectivity index (χ4v) is 3.16. The Labute approximate surface area is 145 Å². The fourth-order valence-electron chi connectivity index (χ4n) is 3.16. The van der Waals surface area contributed by atoms with Gasteiger partial charge in [-0.3, -0.25) is 9.59 Å². The molecule has 1 aliphatic heterocycles. The van der Waals surface area contributed by atoms with E-state index in [1.807, 2.05) is 11.1 Å². The zero-order chi connectivity index (χ0) is 18.0. The van der Waals surface area contributed by atoms with Gasteiger partial charge in [-0.2, -0.15) is 0 Å². The smallest absolute Gasteiger partial charge is 0.327 e. The fraction of sp³-hybridized carbons (Fsp3) is 0.529. The Kier molecular flexibility index (Phi) is 4.61. The molecule has 1 aliphatic rings. The van der Waals surface area contributed by atoms with Crippen molar-refractivity contribution in [3.63, 3.8) is 0 Å². The molecule has 0 spiro atoms. The molecule has 8 heteroatoms. The Balaban J connectivity index is 1.91. The van der Waals surface area contributed by atoms with Gasteiger partial charge in [-0.15, -0.1) is 0 Å². The largest absolute Gasteiger partial charge is 0.465 e. The van der Waals surface area contributed by atoms with E-state index in [-0.39, 0.29) is 26.3 Å². The van der Waals surface area contributed by atoms with Crippen molar-refractivity contribution < 1.29 is 19.1 Å². The van der Waals surface area contributed by atoms with Crippen molar-refractivity contribution in [3.05, 3.63) is 18.1 Å². The molecule has 0 unspecified atom stereocenters. The molecule has 0 saturated carbocycles. The molecule has 134 valence electrons. The van der Waals surface area contributed by atoms with Crippen molar-refractivity contribution in [1.82, 2.24) is 15.0 Å². The number of hydrogen-bond acceptors (Lipinski definition) is 7. The van der Waals surface area contributed by atoms with Crippen molar-refractivity contribution in [2.45, 2.75) is 27.2 Å². The number of aryl methyl sites for hydroxylation is 1. The highest BCUT2D eigenvalue weighted by Crippen LogP contribution is 2.39.